The van der Waals surface area contributed by atoms with E-state index in [0.29, 0.717) is 0 Å². The number of carbonyl (C=O) groups is 1. The molecule has 1 aromatic carbocycles. The molecule has 0 aliphatic heterocycles. The number of amides is 1. The van der Waals surface area contributed by atoms with Crippen LogP contribution >= 0.6 is 12.2 Å². The van der Waals surface area contributed by atoms with Crippen LogP contribution in [0, 0.1) is 5.82 Å². The molecule has 0 bridgehead atoms. The second-order valence-corrected chi connectivity index (χ2v) is 5.49. The van der Waals surface area contributed by atoms with E-state index in [1.165, 1.54) is 18.2 Å². The first-order valence-electron chi connectivity index (χ1n) is 5.83. The van der Waals surface area contributed by atoms with E-state index >= 15 is 0 Å². The molecule has 0 spiro atoms. The Hall–Kier alpha value is -1.75. The van der Waals surface area contributed by atoms with Gasteiger partial charge in [0.15, 0.2) is 5.11 Å². The summed E-state index contributed by atoms with van der Waals surface area (Å²) in [6.07, 6.45) is 2.94. The largest absolute Gasteiger partial charge is 0.358 e. The summed E-state index contributed by atoms with van der Waals surface area (Å²) < 4.78 is 12.7. The quantitative estimate of drug-likeness (QED) is 0.646. The van der Waals surface area contributed by atoms with Crippen molar-refractivity contribution in [2.45, 2.75) is 26.3 Å². The molecule has 1 rings (SSSR count). The molecule has 5 heteroatoms. The van der Waals surface area contributed by atoms with Crippen molar-refractivity contribution in [2.24, 2.45) is 0 Å². The Morgan fingerprint density at radius 2 is 1.84 bits per heavy atom. The molecular formula is C14H17FN2OS. The lowest BCUT2D eigenvalue weighted by atomic mass is 10.1. The highest BCUT2D eigenvalue weighted by molar-refractivity contribution is 7.80. The number of hydrogen-bond acceptors (Lipinski definition) is 2. The van der Waals surface area contributed by atoms with Crippen LogP contribution in [0.25, 0.3) is 6.08 Å². The molecule has 0 saturated carbocycles. The van der Waals surface area contributed by atoms with Crippen LogP contribution in [0.3, 0.4) is 0 Å². The lowest BCUT2D eigenvalue weighted by Crippen LogP contribution is -2.47. The monoisotopic (exact) mass is 280 g/mol. The van der Waals surface area contributed by atoms with Gasteiger partial charge in [0, 0.05) is 11.6 Å². The van der Waals surface area contributed by atoms with Gasteiger partial charge in [0.1, 0.15) is 5.82 Å². The number of carbonyl (C=O) groups excluding carboxylic acids is 1. The van der Waals surface area contributed by atoms with Crippen molar-refractivity contribution in [3.8, 4) is 0 Å². The minimum Gasteiger partial charge on any atom is -0.358 e. The number of benzene rings is 1. The molecule has 0 saturated heterocycles. The molecule has 102 valence electrons. The Labute approximate surface area is 117 Å². The summed E-state index contributed by atoms with van der Waals surface area (Å²) in [7, 11) is 0. The van der Waals surface area contributed by atoms with E-state index in [1.54, 1.807) is 18.2 Å². The van der Waals surface area contributed by atoms with Gasteiger partial charge in [-0.3, -0.25) is 10.1 Å². The van der Waals surface area contributed by atoms with E-state index in [4.69, 9.17) is 12.2 Å². The summed E-state index contributed by atoms with van der Waals surface area (Å²) in [4.78, 5) is 11.6. The van der Waals surface area contributed by atoms with E-state index in [-0.39, 0.29) is 22.4 Å². The van der Waals surface area contributed by atoms with Crippen LogP contribution in [-0.2, 0) is 4.79 Å². The first-order valence-corrected chi connectivity index (χ1v) is 6.24. The highest BCUT2D eigenvalue weighted by Gasteiger charge is 2.11. The van der Waals surface area contributed by atoms with Crippen LogP contribution in [0.2, 0.25) is 0 Å². The molecule has 19 heavy (non-hydrogen) atoms. The molecule has 0 atom stereocenters. The van der Waals surface area contributed by atoms with Crippen LogP contribution in [-0.4, -0.2) is 16.6 Å². The van der Waals surface area contributed by atoms with Crippen LogP contribution < -0.4 is 10.6 Å². The van der Waals surface area contributed by atoms with Gasteiger partial charge in [-0.1, -0.05) is 12.1 Å². The second kappa shape index (κ2) is 6.43. The maximum absolute atomic E-state index is 12.7. The van der Waals surface area contributed by atoms with Crippen molar-refractivity contribution in [3.05, 3.63) is 41.7 Å². The minimum absolute atomic E-state index is 0.203. The lowest BCUT2D eigenvalue weighted by molar-refractivity contribution is -0.115. The Bertz CT molecular complexity index is 489. The average Bonchev–Trinajstić information content (AvgIpc) is 2.25. The Balaban J connectivity index is 2.51. The molecule has 0 fully saturated rings. The molecule has 3 nitrogen and oxygen atoms in total. The summed E-state index contributed by atoms with van der Waals surface area (Å²) in [5.74, 6) is -0.636. The van der Waals surface area contributed by atoms with Gasteiger partial charge in [-0.15, -0.1) is 0 Å². The fourth-order valence-electron chi connectivity index (χ4n) is 1.27. The normalized spacial score (nSPS) is 11.4. The van der Waals surface area contributed by atoms with Gasteiger partial charge in [0.25, 0.3) is 0 Å². The van der Waals surface area contributed by atoms with Crippen molar-refractivity contribution >= 4 is 29.3 Å². The summed E-state index contributed by atoms with van der Waals surface area (Å²) in [5.41, 5.74) is 0.539. The molecule has 1 aromatic rings. The van der Waals surface area contributed by atoms with Crippen LogP contribution in [0.4, 0.5) is 4.39 Å². The predicted octanol–water partition coefficient (Wildman–Crippen LogP) is 2.63. The molecule has 1 amide bonds. The standard InChI is InChI=1S/C14H17FN2OS/c1-14(2,3)17-13(19)16-12(18)9-6-10-4-7-11(15)8-5-10/h4-9H,1-3H3,(H2,16,17,18,19)/b9-6+. The topological polar surface area (TPSA) is 41.1 Å². The number of nitrogens with one attached hydrogen (secondary N) is 2. The summed E-state index contributed by atoms with van der Waals surface area (Å²) in [6, 6.07) is 5.85. The van der Waals surface area contributed by atoms with Gasteiger partial charge in [0.2, 0.25) is 5.91 Å². The molecular weight excluding hydrogens is 263 g/mol. The van der Waals surface area contributed by atoms with E-state index < -0.39 is 0 Å². The van der Waals surface area contributed by atoms with Crippen LogP contribution in [0.1, 0.15) is 26.3 Å². The van der Waals surface area contributed by atoms with E-state index in [0.717, 1.165) is 5.56 Å². The van der Waals surface area contributed by atoms with E-state index in [1.807, 2.05) is 20.8 Å². The molecule has 0 heterocycles. The molecule has 2 N–H and O–H groups in total. The van der Waals surface area contributed by atoms with Gasteiger partial charge in [0.05, 0.1) is 0 Å². The molecule has 0 unspecified atom stereocenters. The molecule has 0 radical (unpaired) electrons. The fourth-order valence-corrected chi connectivity index (χ4v) is 1.68. The summed E-state index contributed by atoms with van der Waals surface area (Å²) in [5, 5.41) is 5.79. The number of halogens is 1. The van der Waals surface area contributed by atoms with Crippen molar-refractivity contribution in [1.82, 2.24) is 10.6 Å². The third kappa shape index (κ3) is 6.67. The molecule has 0 aliphatic carbocycles. The first kappa shape index (κ1) is 15.3. The SMILES string of the molecule is CC(C)(C)NC(=S)NC(=O)/C=C/c1ccc(F)cc1. The van der Waals surface area contributed by atoms with E-state index in [9.17, 15) is 9.18 Å². The molecule has 0 aliphatic rings. The summed E-state index contributed by atoms with van der Waals surface area (Å²) >= 11 is 5.00. The zero-order chi connectivity index (χ0) is 14.5. The Morgan fingerprint density at radius 1 is 1.26 bits per heavy atom. The smallest absolute Gasteiger partial charge is 0.250 e. The lowest BCUT2D eigenvalue weighted by Gasteiger charge is -2.22. The highest BCUT2D eigenvalue weighted by Crippen LogP contribution is 2.04. The van der Waals surface area contributed by atoms with Gasteiger partial charge in [-0.05, 0) is 56.8 Å². The summed E-state index contributed by atoms with van der Waals surface area (Å²) in [6.45, 7) is 5.83. The van der Waals surface area contributed by atoms with Crippen molar-refractivity contribution < 1.29 is 9.18 Å². The first-order chi connectivity index (χ1) is 8.76. The average molecular weight is 280 g/mol. The van der Waals surface area contributed by atoms with Gasteiger partial charge < -0.3 is 5.32 Å². The van der Waals surface area contributed by atoms with Crippen molar-refractivity contribution in [2.75, 3.05) is 0 Å². The number of hydrogen-bond donors (Lipinski definition) is 2. The number of rotatable bonds is 2. The number of thiocarbonyl (C=S) groups is 1. The Morgan fingerprint density at radius 3 is 2.37 bits per heavy atom. The maximum Gasteiger partial charge on any atom is 0.250 e. The second-order valence-electron chi connectivity index (χ2n) is 5.08. The van der Waals surface area contributed by atoms with Crippen LogP contribution in [0.15, 0.2) is 30.3 Å². The zero-order valence-electron chi connectivity index (χ0n) is 11.2. The van der Waals surface area contributed by atoms with Gasteiger partial charge in [-0.25, -0.2) is 4.39 Å². The molecule has 0 aromatic heterocycles. The highest BCUT2D eigenvalue weighted by atomic mass is 32.1. The van der Waals surface area contributed by atoms with Gasteiger partial charge >= 0.3 is 0 Å². The zero-order valence-corrected chi connectivity index (χ0v) is 12.0. The Kier molecular flexibility index (Phi) is 5.18. The minimum atomic E-state index is -0.328. The fraction of sp³-hybridized carbons (Fsp3) is 0.286. The predicted molar refractivity (Wildman–Crippen MR) is 79.1 cm³/mol. The van der Waals surface area contributed by atoms with Gasteiger partial charge in [-0.2, -0.15) is 0 Å². The van der Waals surface area contributed by atoms with Crippen LogP contribution in [0.5, 0.6) is 0 Å². The maximum atomic E-state index is 12.7. The third-order valence-corrected chi connectivity index (χ3v) is 2.23. The third-order valence-electron chi connectivity index (χ3n) is 2.02. The van der Waals surface area contributed by atoms with Crippen molar-refractivity contribution in [3.63, 3.8) is 0 Å². The van der Waals surface area contributed by atoms with Crippen molar-refractivity contribution in [1.29, 1.82) is 0 Å². The van der Waals surface area contributed by atoms with E-state index in [2.05, 4.69) is 10.6 Å².